The summed E-state index contributed by atoms with van der Waals surface area (Å²) in [5.74, 6) is 0.468. The number of amides is 2. The molecule has 0 atom stereocenters. The second-order valence-electron chi connectivity index (χ2n) is 7.83. The van der Waals surface area contributed by atoms with E-state index in [0.29, 0.717) is 24.9 Å². The van der Waals surface area contributed by atoms with Crippen LogP contribution in [0.2, 0.25) is 0 Å². The summed E-state index contributed by atoms with van der Waals surface area (Å²) in [7, 11) is 0. The molecule has 6 heteroatoms. The number of para-hydroxylation sites is 1. The van der Waals surface area contributed by atoms with E-state index in [0.717, 1.165) is 21.7 Å². The summed E-state index contributed by atoms with van der Waals surface area (Å²) in [6.45, 7) is 12.0. The van der Waals surface area contributed by atoms with E-state index in [9.17, 15) is 9.59 Å². The van der Waals surface area contributed by atoms with Gasteiger partial charge in [0, 0.05) is 10.6 Å². The molecule has 0 unspecified atom stereocenters. The summed E-state index contributed by atoms with van der Waals surface area (Å²) < 4.78 is 0. The summed E-state index contributed by atoms with van der Waals surface area (Å²) in [4.78, 5) is 28.0. The summed E-state index contributed by atoms with van der Waals surface area (Å²) in [5.41, 5.74) is 3.20. The van der Waals surface area contributed by atoms with Crippen LogP contribution in [0.15, 0.2) is 35.7 Å². The molecule has 1 aromatic heterocycles. The van der Waals surface area contributed by atoms with Crippen molar-refractivity contribution >= 4 is 28.8 Å². The zero-order valence-electron chi connectivity index (χ0n) is 18.1. The Morgan fingerprint density at radius 3 is 2.10 bits per heavy atom. The molecule has 0 aliphatic heterocycles. The number of likely N-dealkylation sites (N-methyl/N-ethyl adjacent to an activating group) is 1. The minimum absolute atomic E-state index is 0.0708. The SMILES string of the molecule is CCN(CC(=O)NCc1cccs1)CC(=O)Nc1c(C(C)C)cccc1C(C)C. The Kier molecular flexibility index (Phi) is 8.86. The van der Waals surface area contributed by atoms with Crippen LogP contribution in [-0.2, 0) is 16.1 Å². The predicted octanol–water partition coefficient (Wildman–Crippen LogP) is 4.57. The first-order valence-electron chi connectivity index (χ1n) is 10.3. The Morgan fingerprint density at radius 1 is 0.966 bits per heavy atom. The predicted molar refractivity (Wildman–Crippen MR) is 122 cm³/mol. The van der Waals surface area contributed by atoms with E-state index in [4.69, 9.17) is 0 Å². The summed E-state index contributed by atoms with van der Waals surface area (Å²) in [6.07, 6.45) is 0. The third-order valence-electron chi connectivity index (χ3n) is 4.86. The lowest BCUT2D eigenvalue weighted by molar-refractivity contribution is -0.123. The van der Waals surface area contributed by atoms with Gasteiger partial charge in [0.25, 0.3) is 0 Å². The van der Waals surface area contributed by atoms with Gasteiger partial charge in [0.2, 0.25) is 11.8 Å². The standard InChI is InChI=1S/C23H33N3O2S/c1-6-26(14-21(27)24-13-18-9-8-12-29-18)15-22(28)25-23-19(16(2)3)10-7-11-20(23)17(4)5/h7-12,16-17H,6,13-15H2,1-5H3,(H,24,27)(H,25,28). The van der Waals surface area contributed by atoms with Gasteiger partial charge in [-0.15, -0.1) is 11.3 Å². The summed E-state index contributed by atoms with van der Waals surface area (Å²) >= 11 is 1.62. The average Bonchev–Trinajstić information content (AvgIpc) is 3.19. The van der Waals surface area contributed by atoms with Gasteiger partial charge in [-0.25, -0.2) is 0 Å². The molecule has 2 N–H and O–H groups in total. The second-order valence-corrected chi connectivity index (χ2v) is 8.86. The first kappa shape index (κ1) is 23.1. The highest BCUT2D eigenvalue weighted by Crippen LogP contribution is 2.32. The molecule has 0 saturated carbocycles. The number of nitrogens with zero attached hydrogens (tertiary/aromatic N) is 1. The van der Waals surface area contributed by atoms with Crippen LogP contribution in [0.4, 0.5) is 5.69 Å². The minimum atomic E-state index is -0.0899. The van der Waals surface area contributed by atoms with Crippen molar-refractivity contribution in [2.24, 2.45) is 0 Å². The number of benzene rings is 1. The van der Waals surface area contributed by atoms with Gasteiger partial charge in [-0.05, 0) is 41.0 Å². The maximum Gasteiger partial charge on any atom is 0.238 e. The van der Waals surface area contributed by atoms with Crippen molar-refractivity contribution in [2.75, 3.05) is 25.0 Å². The number of carbonyl (C=O) groups is 2. The van der Waals surface area contributed by atoms with Gasteiger partial charge in [0.1, 0.15) is 0 Å². The Hall–Kier alpha value is -2.18. The van der Waals surface area contributed by atoms with Crippen molar-refractivity contribution in [3.63, 3.8) is 0 Å². The van der Waals surface area contributed by atoms with Crippen LogP contribution in [0.25, 0.3) is 0 Å². The van der Waals surface area contributed by atoms with Gasteiger partial charge in [-0.2, -0.15) is 0 Å². The molecule has 2 amide bonds. The van der Waals surface area contributed by atoms with Crippen LogP contribution in [-0.4, -0.2) is 36.3 Å². The van der Waals surface area contributed by atoms with Crippen molar-refractivity contribution in [1.29, 1.82) is 0 Å². The molecule has 1 heterocycles. The van der Waals surface area contributed by atoms with Gasteiger partial charge >= 0.3 is 0 Å². The van der Waals surface area contributed by atoms with E-state index >= 15 is 0 Å². The topological polar surface area (TPSA) is 61.4 Å². The van der Waals surface area contributed by atoms with Gasteiger partial charge in [0.15, 0.2) is 0 Å². The largest absolute Gasteiger partial charge is 0.350 e. The van der Waals surface area contributed by atoms with Crippen LogP contribution < -0.4 is 10.6 Å². The third kappa shape index (κ3) is 6.98. The molecular weight excluding hydrogens is 382 g/mol. The van der Waals surface area contributed by atoms with E-state index in [1.165, 1.54) is 0 Å². The molecule has 2 aromatic rings. The fourth-order valence-corrected chi connectivity index (χ4v) is 3.86. The molecular formula is C23H33N3O2S. The lowest BCUT2D eigenvalue weighted by Crippen LogP contribution is -2.41. The van der Waals surface area contributed by atoms with Gasteiger partial charge < -0.3 is 10.6 Å². The first-order chi connectivity index (χ1) is 13.8. The molecule has 158 valence electrons. The molecule has 0 aliphatic carbocycles. The monoisotopic (exact) mass is 415 g/mol. The summed E-state index contributed by atoms with van der Waals surface area (Å²) in [5, 5.41) is 8.03. The Labute approximate surface area is 178 Å². The van der Waals surface area contributed by atoms with E-state index < -0.39 is 0 Å². The zero-order chi connectivity index (χ0) is 21.4. The maximum absolute atomic E-state index is 12.8. The lowest BCUT2D eigenvalue weighted by atomic mass is 9.92. The maximum atomic E-state index is 12.8. The van der Waals surface area contributed by atoms with Crippen LogP contribution in [0.5, 0.6) is 0 Å². The molecule has 0 radical (unpaired) electrons. The highest BCUT2D eigenvalue weighted by molar-refractivity contribution is 7.09. The first-order valence-corrected chi connectivity index (χ1v) is 11.1. The number of thiophene rings is 1. The van der Waals surface area contributed by atoms with Crippen molar-refractivity contribution in [1.82, 2.24) is 10.2 Å². The number of anilines is 1. The smallest absolute Gasteiger partial charge is 0.238 e. The van der Waals surface area contributed by atoms with Crippen molar-refractivity contribution in [2.45, 2.75) is 53.0 Å². The van der Waals surface area contributed by atoms with Crippen molar-refractivity contribution < 1.29 is 9.59 Å². The Morgan fingerprint density at radius 2 is 1.59 bits per heavy atom. The number of carbonyl (C=O) groups excluding carboxylic acids is 2. The van der Waals surface area contributed by atoms with E-state index in [-0.39, 0.29) is 24.9 Å². The second kappa shape index (κ2) is 11.1. The molecule has 5 nitrogen and oxygen atoms in total. The molecule has 1 aromatic carbocycles. The highest BCUT2D eigenvalue weighted by Gasteiger charge is 2.18. The fourth-order valence-electron chi connectivity index (χ4n) is 3.21. The van der Waals surface area contributed by atoms with Crippen LogP contribution in [0, 0.1) is 0 Å². The van der Waals surface area contributed by atoms with Gasteiger partial charge in [-0.3, -0.25) is 14.5 Å². The van der Waals surface area contributed by atoms with E-state index in [2.05, 4.69) is 56.5 Å². The summed E-state index contributed by atoms with van der Waals surface area (Å²) in [6, 6.07) is 10.2. The average molecular weight is 416 g/mol. The van der Waals surface area contributed by atoms with Crippen LogP contribution >= 0.6 is 11.3 Å². The minimum Gasteiger partial charge on any atom is -0.350 e. The third-order valence-corrected chi connectivity index (χ3v) is 5.74. The Bertz CT molecular complexity index is 774. The molecule has 0 aliphatic rings. The van der Waals surface area contributed by atoms with Gasteiger partial charge in [0.05, 0.1) is 19.6 Å². The normalized spacial score (nSPS) is 11.3. The number of nitrogens with one attached hydrogen (secondary N) is 2. The number of hydrogen-bond acceptors (Lipinski definition) is 4. The molecule has 0 bridgehead atoms. The molecule has 0 spiro atoms. The van der Waals surface area contributed by atoms with E-state index in [1.54, 1.807) is 11.3 Å². The molecule has 2 rings (SSSR count). The van der Waals surface area contributed by atoms with Crippen molar-refractivity contribution in [3.05, 3.63) is 51.7 Å². The van der Waals surface area contributed by atoms with Crippen molar-refractivity contribution in [3.8, 4) is 0 Å². The number of rotatable bonds is 10. The van der Waals surface area contributed by atoms with Crippen LogP contribution in [0.1, 0.15) is 62.5 Å². The van der Waals surface area contributed by atoms with E-state index in [1.807, 2.05) is 29.3 Å². The molecule has 29 heavy (non-hydrogen) atoms. The number of hydrogen-bond donors (Lipinski definition) is 2. The van der Waals surface area contributed by atoms with Gasteiger partial charge in [-0.1, -0.05) is 58.9 Å². The molecule has 0 fully saturated rings. The quantitative estimate of drug-likeness (QED) is 0.597. The zero-order valence-corrected chi connectivity index (χ0v) is 18.9. The highest BCUT2D eigenvalue weighted by atomic mass is 32.1. The fraction of sp³-hybridized carbons (Fsp3) is 0.478. The lowest BCUT2D eigenvalue weighted by Gasteiger charge is -2.23. The molecule has 0 saturated heterocycles. The van der Waals surface area contributed by atoms with Crippen LogP contribution in [0.3, 0.4) is 0 Å². The Balaban J connectivity index is 1.98.